The van der Waals surface area contributed by atoms with Crippen LogP contribution in [-0.2, 0) is 27.9 Å². The summed E-state index contributed by atoms with van der Waals surface area (Å²) in [7, 11) is 1.65. The first-order valence-electron chi connectivity index (χ1n) is 8.50. The summed E-state index contributed by atoms with van der Waals surface area (Å²) in [4.78, 5) is 46.4. The Morgan fingerprint density at radius 2 is 1.92 bits per heavy atom. The molecule has 0 spiro atoms. The lowest BCUT2D eigenvalue weighted by Gasteiger charge is -2.21. The molecule has 0 aliphatic carbocycles. The average Bonchev–Trinajstić information content (AvgIpc) is 2.86. The highest BCUT2D eigenvalue weighted by Gasteiger charge is 2.31. The van der Waals surface area contributed by atoms with E-state index in [0.29, 0.717) is 30.3 Å². The number of hydrogen-bond donors (Lipinski definition) is 1. The number of aromatic nitrogens is 2. The lowest BCUT2D eigenvalue weighted by atomic mass is 10.1. The number of piperidine rings is 1. The summed E-state index contributed by atoms with van der Waals surface area (Å²) < 4.78 is 2.93. The molecule has 7 nitrogen and oxygen atoms in total. The maximum Gasteiger partial charge on any atom is 0.329 e. The van der Waals surface area contributed by atoms with Gasteiger partial charge in [-0.2, -0.15) is 0 Å². The van der Waals surface area contributed by atoms with Gasteiger partial charge >= 0.3 is 5.69 Å². The Balaban J connectivity index is 0.00000109. The summed E-state index contributed by atoms with van der Waals surface area (Å²) >= 11 is 0. The molecule has 1 fully saturated rings. The molecule has 0 bridgehead atoms. The van der Waals surface area contributed by atoms with Gasteiger partial charge in [0, 0.05) is 19.9 Å². The van der Waals surface area contributed by atoms with Crippen molar-refractivity contribution in [2.24, 2.45) is 7.05 Å². The van der Waals surface area contributed by atoms with Gasteiger partial charge in [-0.3, -0.25) is 24.0 Å². The van der Waals surface area contributed by atoms with Crippen LogP contribution in [-0.4, -0.2) is 27.2 Å². The van der Waals surface area contributed by atoms with Crippen molar-refractivity contribution >= 4 is 29.1 Å². The number of carbonyl (C=O) groups is 3. The third-order valence-electron chi connectivity index (χ3n) is 4.23. The Morgan fingerprint density at radius 1 is 1.20 bits per heavy atom. The number of imidazole rings is 1. The van der Waals surface area contributed by atoms with Gasteiger partial charge in [-0.1, -0.05) is 19.9 Å². The van der Waals surface area contributed by atoms with E-state index in [4.69, 9.17) is 0 Å². The van der Waals surface area contributed by atoms with Crippen molar-refractivity contribution < 1.29 is 14.4 Å². The van der Waals surface area contributed by atoms with Crippen LogP contribution in [0, 0.1) is 0 Å². The number of fused-ring (bicyclic) bond motifs is 1. The third-order valence-corrected chi connectivity index (χ3v) is 4.23. The van der Waals surface area contributed by atoms with Gasteiger partial charge in [0.2, 0.25) is 11.8 Å². The van der Waals surface area contributed by atoms with E-state index in [0.717, 1.165) is 11.8 Å². The van der Waals surface area contributed by atoms with Crippen molar-refractivity contribution in [1.29, 1.82) is 0 Å². The fraction of sp³-hybridized carbons (Fsp3) is 0.444. The van der Waals surface area contributed by atoms with Gasteiger partial charge in [-0.15, -0.1) is 0 Å². The standard InChI is InChI=1S/C16H17N3O4.C2H6/c1-18-13-9-10(3-2-8-20)4-5-11(13)19(16(18)23)12-6-7-14(21)17-15(12)22;1-2/h4-5,8-9,12H,2-3,6-7H2,1H3,(H,17,21,22);1-2H3. The fourth-order valence-corrected chi connectivity index (χ4v) is 3.02. The molecule has 25 heavy (non-hydrogen) atoms. The molecule has 1 atom stereocenters. The molecule has 2 amide bonds. The quantitative estimate of drug-likeness (QED) is 0.671. The minimum absolute atomic E-state index is 0.219. The van der Waals surface area contributed by atoms with Crippen LogP contribution in [0.1, 0.15) is 44.7 Å². The van der Waals surface area contributed by atoms with Crippen LogP contribution in [0.3, 0.4) is 0 Å². The highest BCUT2D eigenvalue weighted by Crippen LogP contribution is 2.23. The number of rotatable bonds is 4. The molecular formula is C18H23N3O4. The summed E-state index contributed by atoms with van der Waals surface area (Å²) in [5.74, 6) is -0.753. The van der Waals surface area contributed by atoms with E-state index in [9.17, 15) is 19.2 Å². The van der Waals surface area contributed by atoms with Crippen molar-refractivity contribution in [3.8, 4) is 0 Å². The van der Waals surface area contributed by atoms with Gasteiger partial charge in [0.1, 0.15) is 12.3 Å². The van der Waals surface area contributed by atoms with Crippen molar-refractivity contribution in [3.05, 3.63) is 34.2 Å². The summed E-state index contributed by atoms with van der Waals surface area (Å²) in [6.07, 6.45) is 2.43. The maximum atomic E-state index is 12.5. The zero-order valence-electron chi connectivity index (χ0n) is 14.7. The molecule has 3 rings (SSSR count). The average molecular weight is 345 g/mol. The molecule has 0 radical (unpaired) electrons. The van der Waals surface area contributed by atoms with Crippen LogP contribution in [0.25, 0.3) is 11.0 Å². The Bertz CT molecular complexity index is 863. The molecule has 7 heteroatoms. The van der Waals surface area contributed by atoms with E-state index < -0.39 is 11.9 Å². The number of hydrogen-bond acceptors (Lipinski definition) is 4. The van der Waals surface area contributed by atoms with Crippen LogP contribution in [0.15, 0.2) is 23.0 Å². The number of carbonyl (C=O) groups excluding carboxylic acids is 3. The summed E-state index contributed by atoms with van der Waals surface area (Å²) in [6.45, 7) is 4.00. The van der Waals surface area contributed by atoms with Crippen molar-refractivity contribution in [3.63, 3.8) is 0 Å². The second-order valence-electron chi connectivity index (χ2n) is 5.71. The minimum atomic E-state index is -0.676. The SMILES string of the molecule is CC.Cn1c(=O)n(C2CCC(=O)NC2=O)c2ccc(CCC=O)cc21. The molecule has 1 aromatic carbocycles. The Kier molecular flexibility index (Phi) is 5.90. The smallest absolute Gasteiger partial charge is 0.303 e. The number of amides is 2. The molecule has 134 valence electrons. The van der Waals surface area contributed by atoms with Gasteiger partial charge < -0.3 is 4.79 Å². The summed E-state index contributed by atoms with van der Waals surface area (Å²) in [5.41, 5.74) is 2.03. The maximum absolute atomic E-state index is 12.5. The zero-order valence-corrected chi connectivity index (χ0v) is 14.7. The van der Waals surface area contributed by atoms with E-state index in [2.05, 4.69) is 5.32 Å². The number of nitrogens with zero attached hydrogens (tertiary/aromatic N) is 2. The van der Waals surface area contributed by atoms with Gasteiger partial charge in [0.25, 0.3) is 0 Å². The monoisotopic (exact) mass is 345 g/mol. The van der Waals surface area contributed by atoms with E-state index in [1.54, 1.807) is 13.1 Å². The molecule has 0 saturated carbocycles. The van der Waals surface area contributed by atoms with E-state index in [1.165, 1.54) is 9.13 Å². The number of nitrogens with one attached hydrogen (secondary N) is 1. The first kappa shape index (κ1) is 18.6. The Morgan fingerprint density at radius 3 is 2.56 bits per heavy atom. The highest BCUT2D eigenvalue weighted by atomic mass is 16.2. The van der Waals surface area contributed by atoms with Gasteiger partial charge in [0.05, 0.1) is 11.0 Å². The van der Waals surface area contributed by atoms with Crippen molar-refractivity contribution in [2.45, 2.75) is 45.6 Å². The van der Waals surface area contributed by atoms with Crippen LogP contribution >= 0.6 is 0 Å². The van der Waals surface area contributed by atoms with Crippen molar-refractivity contribution in [1.82, 2.24) is 14.5 Å². The Labute approximate surface area is 145 Å². The lowest BCUT2D eigenvalue weighted by molar-refractivity contribution is -0.135. The molecule has 1 N–H and O–H groups in total. The molecule has 1 saturated heterocycles. The first-order valence-corrected chi connectivity index (χ1v) is 8.50. The Hall–Kier alpha value is -2.70. The van der Waals surface area contributed by atoms with Crippen molar-refractivity contribution in [2.75, 3.05) is 0 Å². The van der Waals surface area contributed by atoms with E-state index in [1.807, 2.05) is 26.0 Å². The fourth-order valence-electron chi connectivity index (χ4n) is 3.02. The largest absolute Gasteiger partial charge is 0.329 e. The van der Waals surface area contributed by atoms with Crippen LogP contribution in [0.2, 0.25) is 0 Å². The second kappa shape index (κ2) is 7.92. The van der Waals surface area contributed by atoms with Gasteiger partial charge in [-0.05, 0) is 30.5 Å². The van der Waals surface area contributed by atoms with Crippen LogP contribution in [0.5, 0.6) is 0 Å². The van der Waals surface area contributed by atoms with Gasteiger partial charge in [-0.25, -0.2) is 4.79 Å². The minimum Gasteiger partial charge on any atom is -0.303 e. The summed E-state index contributed by atoms with van der Waals surface area (Å²) in [5, 5.41) is 2.28. The number of aldehydes is 1. The zero-order chi connectivity index (χ0) is 18.6. The number of benzene rings is 1. The number of aryl methyl sites for hydroxylation is 2. The van der Waals surface area contributed by atoms with E-state index >= 15 is 0 Å². The van der Waals surface area contributed by atoms with Crippen LogP contribution < -0.4 is 11.0 Å². The van der Waals surface area contributed by atoms with E-state index in [-0.39, 0.29) is 18.0 Å². The number of imide groups is 1. The molecule has 1 aliphatic rings. The molecule has 2 heterocycles. The third kappa shape index (κ3) is 3.55. The first-order chi connectivity index (χ1) is 12.0. The predicted octanol–water partition coefficient (Wildman–Crippen LogP) is 1.48. The molecule has 2 aromatic rings. The lowest BCUT2D eigenvalue weighted by Crippen LogP contribution is -2.44. The summed E-state index contributed by atoms with van der Waals surface area (Å²) in [6, 6.07) is 4.83. The normalized spacial score (nSPS) is 17.0. The van der Waals surface area contributed by atoms with Crippen LogP contribution in [0.4, 0.5) is 0 Å². The molecule has 1 aliphatic heterocycles. The second-order valence-corrected chi connectivity index (χ2v) is 5.71. The highest BCUT2D eigenvalue weighted by molar-refractivity contribution is 6.00. The molecule has 1 unspecified atom stereocenters. The molecular weight excluding hydrogens is 322 g/mol. The van der Waals surface area contributed by atoms with Gasteiger partial charge in [0.15, 0.2) is 0 Å². The topological polar surface area (TPSA) is 90.2 Å². The predicted molar refractivity (Wildman–Crippen MR) is 94.3 cm³/mol. The molecule has 1 aromatic heterocycles.